The third kappa shape index (κ3) is 29.6. The number of hydrogen-bond acceptors (Lipinski definition) is 16. The van der Waals surface area contributed by atoms with E-state index >= 15 is 0 Å². The first kappa shape index (κ1) is 90.5. The van der Waals surface area contributed by atoms with Crippen molar-refractivity contribution >= 4 is 87.0 Å². The Labute approximate surface area is 620 Å². The van der Waals surface area contributed by atoms with Crippen LogP contribution in [0.2, 0.25) is 0 Å². The van der Waals surface area contributed by atoms with E-state index in [9.17, 15) is 0 Å². The Balaban J connectivity index is 0.000000578. The zero-order valence-corrected chi connectivity index (χ0v) is 66.2. The van der Waals surface area contributed by atoms with Crippen LogP contribution in [0.25, 0.3) is 87.0 Å². The van der Waals surface area contributed by atoms with Crippen LogP contribution in [0.15, 0.2) is 246 Å². The third-order valence-electron chi connectivity index (χ3n) is 13.9. The second-order valence-electron chi connectivity index (χ2n) is 20.2. The number of hydrogen-bond donors (Lipinski definition) is 0. The molecule has 16 aromatic heterocycles. The highest BCUT2D eigenvalue weighted by atomic mass is 14.8. The summed E-state index contributed by atoms with van der Waals surface area (Å²) >= 11 is 0. The molecule has 0 aromatic carbocycles. The lowest BCUT2D eigenvalue weighted by Gasteiger charge is -1.97. The Morgan fingerprint density at radius 3 is 1.01 bits per heavy atom. The van der Waals surface area contributed by atoms with Crippen molar-refractivity contribution in [1.29, 1.82) is 0 Å². The SMILES string of the molecule is CC.CC.CC.CC.CC.CC.CC.CC.Cc1ccnc2ccncc12.Cc1ccnc2cnccc12.Cc1cncc2cccnc12.Cc1cncc2ccncc12.Cc1cncc2cnccc12.Cc1cncc2ncccc12.Cc1cncc2ncccc12.Cc1nccc2cccnc12. The molecule has 0 atom stereocenters. The Morgan fingerprint density at radius 1 is 0.173 bits per heavy atom. The Kier molecular flexibility index (Phi) is 48.0. The molecule has 0 N–H and O–H groups in total. The van der Waals surface area contributed by atoms with Crippen molar-refractivity contribution < 1.29 is 0 Å². The summed E-state index contributed by atoms with van der Waals surface area (Å²) in [5.41, 5.74) is 15.3. The minimum Gasteiger partial charge on any atom is -0.264 e. The fourth-order valence-electron chi connectivity index (χ4n) is 9.15. The minimum atomic E-state index is 0.965. The molecule has 16 heteroatoms. The number of pyridine rings is 16. The molecule has 0 aliphatic carbocycles. The van der Waals surface area contributed by atoms with Crippen molar-refractivity contribution in [3.8, 4) is 0 Å². The molecule has 16 heterocycles. The van der Waals surface area contributed by atoms with E-state index in [2.05, 4.69) is 113 Å². The fraction of sp³-hybridized carbons (Fsp3) is 0.273. The lowest BCUT2D eigenvalue weighted by atomic mass is 10.1. The molecule has 0 aliphatic heterocycles. The highest BCUT2D eigenvalue weighted by Gasteiger charge is 2.01. The maximum Gasteiger partial charge on any atom is 0.0914 e. The molecule has 16 aromatic rings. The summed E-state index contributed by atoms with van der Waals surface area (Å²) in [6.45, 7) is 48.3. The first-order valence-electron chi connectivity index (χ1n) is 36.2. The van der Waals surface area contributed by atoms with Crippen molar-refractivity contribution in [2.24, 2.45) is 0 Å². The van der Waals surface area contributed by atoms with E-state index in [0.29, 0.717) is 0 Å². The van der Waals surface area contributed by atoms with Crippen LogP contribution in [0, 0.1) is 55.4 Å². The van der Waals surface area contributed by atoms with E-state index < -0.39 is 0 Å². The smallest absolute Gasteiger partial charge is 0.0914 e. The molecule has 0 fully saturated rings. The van der Waals surface area contributed by atoms with Crippen molar-refractivity contribution in [2.45, 2.75) is 166 Å². The Hall–Kier alpha value is -11.5. The van der Waals surface area contributed by atoms with Gasteiger partial charge in [0.05, 0.1) is 57.4 Å². The average Bonchev–Trinajstić information content (AvgIpc) is 0.963. The van der Waals surface area contributed by atoms with Gasteiger partial charge in [-0.15, -0.1) is 0 Å². The molecule has 0 amide bonds. The molecule has 0 spiro atoms. The molecule has 0 saturated carbocycles. The van der Waals surface area contributed by atoms with Crippen LogP contribution in [0.5, 0.6) is 0 Å². The van der Waals surface area contributed by atoms with Gasteiger partial charge in [0.25, 0.3) is 0 Å². The normalized spacial score (nSPS) is 9.15. The van der Waals surface area contributed by atoms with Crippen molar-refractivity contribution in [2.75, 3.05) is 0 Å². The predicted molar refractivity (Wildman–Crippen MR) is 445 cm³/mol. The molecule has 104 heavy (non-hydrogen) atoms. The van der Waals surface area contributed by atoms with Crippen LogP contribution in [0.4, 0.5) is 0 Å². The lowest BCUT2D eigenvalue weighted by molar-refractivity contribution is 1.20. The van der Waals surface area contributed by atoms with Crippen LogP contribution < -0.4 is 0 Å². The van der Waals surface area contributed by atoms with E-state index in [0.717, 1.165) is 71.3 Å². The topological polar surface area (TPSA) is 206 Å². The van der Waals surface area contributed by atoms with Crippen LogP contribution in [-0.2, 0) is 0 Å². The maximum atomic E-state index is 4.24. The molecule has 544 valence electrons. The molecule has 0 saturated heterocycles. The number of nitrogens with zero attached hydrogens (tertiary/aromatic N) is 16. The van der Waals surface area contributed by atoms with Gasteiger partial charge in [0.15, 0.2) is 0 Å². The van der Waals surface area contributed by atoms with Crippen molar-refractivity contribution in [3.05, 3.63) is 291 Å². The largest absolute Gasteiger partial charge is 0.264 e. The quantitative estimate of drug-likeness (QED) is 0.138. The highest BCUT2D eigenvalue weighted by Crippen LogP contribution is 2.19. The molecule has 0 bridgehead atoms. The van der Waals surface area contributed by atoms with Crippen LogP contribution in [0.3, 0.4) is 0 Å². The van der Waals surface area contributed by atoms with Crippen molar-refractivity contribution in [3.63, 3.8) is 0 Å². The standard InChI is InChI=1S/8C9H8N2.8C2H6/c1-7-2-5-11-9-3-4-10-6-8(7)9;1-7-2-5-11-9-6-10-4-3-8(7)9;1-7-4-11-6-8-5-10-3-2-9(7)8;1-7-4-11-5-8-2-3-10-6-9(7)8;1-7-9-8(4-6-10-7)3-2-5-11-9;2*1-7-5-10-6-9-8(7)3-2-4-11-9;1-7-5-10-6-8-3-2-4-11-9(7)8;8*1-2/h8*2-6H,1H3;8*1-2H3. The van der Waals surface area contributed by atoms with E-state index in [4.69, 9.17) is 0 Å². The van der Waals surface area contributed by atoms with E-state index in [1.165, 1.54) is 60.3 Å². The fourth-order valence-corrected chi connectivity index (χ4v) is 9.15. The first-order chi connectivity index (χ1) is 51.0. The summed E-state index contributed by atoms with van der Waals surface area (Å²) in [4.78, 5) is 65.8. The number of fused-ring (bicyclic) bond motifs is 8. The van der Waals surface area contributed by atoms with Gasteiger partial charge in [-0.05, 0) is 173 Å². The summed E-state index contributed by atoms with van der Waals surface area (Å²) in [6, 6.07) is 29.7. The van der Waals surface area contributed by atoms with Crippen LogP contribution >= 0.6 is 0 Å². The van der Waals surface area contributed by atoms with E-state index in [-0.39, 0.29) is 0 Å². The van der Waals surface area contributed by atoms with Gasteiger partial charge in [-0.3, -0.25) is 79.7 Å². The number of aryl methyl sites for hydroxylation is 8. The van der Waals surface area contributed by atoms with Gasteiger partial charge in [-0.25, -0.2) is 0 Å². The first-order valence-corrected chi connectivity index (χ1v) is 36.2. The van der Waals surface area contributed by atoms with Gasteiger partial charge < -0.3 is 0 Å². The Morgan fingerprint density at radius 2 is 0.510 bits per heavy atom. The summed E-state index contributed by atoms with van der Waals surface area (Å²) in [5, 5.41) is 11.6. The lowest BCUT2D eigenvalue weighted by Crippen LogP contribution is -1.84. The Bertz CT molecular complexity index is 3950. The third-order valence-corrected chi connectivity index (χ3v) is 13.9. The molecule has 16 rings (SSSR count). The van der Waals surface area contributed by atoms with Crippen LogP contribution in [-0.4, -0.2) is 79.7 Å². The van der Waals surface area contributed by atoms with Crippen molar-refractivity contribution in [1.82, 2.24) is 79.7 Å². The second-order valence-corrected chi connectivity index (χ2v) is 20.2. The molecule has 0 radical (unpaired) electrons. The molecule has 0 unspecified atom stereocenters. The monoisotopic (exact) mass is 1390 g/mol. The van der Waals surface area contributed by atoms with E-state index in [1.54, 1.807) is 80.6 Å². The maximum absolute atomic E-state index is 4.24. The second kappa shape index (κ2) is 55.2. The van der Waals surface area contributed by atoms with E-state index in [1.807, 2.05) is 299 Å². The van der Waals surface area contributed by atoms with Gasteiger partial charge >= 0.3 is 0 Å². The van der Waals surface area contributed by atoms with Gasteiger partial charge in [0.1, 0.15) is 0 Å². The molecule has 0 aliphatic rings. The highest BCUT2D eigenvalue weighted by molar-refractivity contribution is 5.86. The zero-order chi connectivity index (χ0) is 77.5. The molecular formula is C88H112N16. The predicted octanol–water partition coefficient (Wildman–Crippen LogP) is 23.7. The van der Waals surface area contributed by atoms with Crippen LogP contribution in [0.1, 0.15) is 155 Å². The van der Waals surface area contributed by atoms with Gasteiger partial charge in [0, 0.05) is 185 Å². The van der Waals surface area contributed by atoms with Gasteiger partial charge in [0.2, 0.25) is 0 Å². The summed E-state index contributed by atoms with van der Waals surface area (Å²) < 4.78 is 0. The summed E-state index contributed by atoms with van der Waals surface area (Å²) in [6.07, 6.45) is 45.3. The number of rotatable bonds is 0. The summed E-state index contributed by atoms with van der Waals surface area (Å²) in [5.74, 6) is 0. The molecular weight excluding hydrogens is 1280 g/mol. The summed E-state index contributed by atoms with van der Waals surface area (Å²) in [7, 11) is 0. The average molecular weight is 1390 g/mol. The van der Waals surface area contributed by atoms with Gasteiger partial charge in [-0.1, -0.05) is 129 Å². The van der Waals surface area contributed by atoms with Gasteiger partial charge in [-0.2, -0.15) is 0 Å². The number of aromatic nitrogens is 16. The minimum absolute atomic E-state index is 0.965. The zero-order valence-electron chi connectivity index (χ0n) is 66.2. The molecule has 16 nitrogen and oxygen atoms in total.